The first-order chi connectivity index (χ1) is 14.7. The van der Waals surface area contributed by atoms with Crippen LogP contribution in [-0.2, 0) is 14.8 Å². The number of halogens is 2. The molecule has 1 N–H and O–H groups in total. The van der Waals surface area contributed by atoms with Crippen LogP contribution in [0.1, 0.15) is 19.3 Å². The van der Waals surface area contributed by atoms with Crippen LogP contribution in [0.5, 0.6) is 0 Å². The van der Waals surface area contributed by atoms with Crippen LogP contribution in [0.2, 0.25) is 0 Å². The molecule has 1 aliphatic rings. The van der Waals surface area contributed by atoms with Gasteiger partial charge in [-0.1, -0.05) is 24.3 Å². The highest BCUT2D eigenvalue weighted by Crippen LogP contribution is 2.33. The second-order valence-corrected chi connectivity index (χ2v) is 9.65. The van der Waals surface area contributed by atoms with Crippen LogP contribution in [0.25, 0.3) is 11.1 Å². The predicted octanol–water partition coefficient (Wildman–Crippen LogP) is 3.00. The Balaban J connectivity index is 1.73. The molecule has 3 rings (SSSR count). The van der Waals surface area contributed by atoms with Crippen molar-refractivity contribution in [2.75, 3.05) is 37.8 Å². The molecule has 1 fully saturated rings. The first-order valence-corrected chi connectivity index (χ1v) is 12.0. The molecule has 2 aromatic rings. The van der Waals surface area contributed by atoms with Gasteiger partial charge in [0, 0.05) is 37.4 Å². The molecule has 31 heavy (non-hydrogen) atoms. The molecule has 0 aromatic heterocycles. The molecule has 1 aliphatic heterocycles. The molecular formula is C22H27F2N3O3S. The van der Waals surface area contributed by atoms with Crippen molar-refractivity contribution in [3.63, 3.8) is 0 Å². The molecule has 2 aromatic carbocycles. The van der Waals surface area contributed by atoms with E-state index in [2.05, 4.69) is 4.72 Å². The zero-order valence-corrected chi connectivity index (χ0v) is 18.5. The highest BCUT2D eigenvalue weighted by molar-refractivity contribution is 7.88. The van der Waals surface area contributed by atoms with Crippen LogP contribution in [-0.4, -0.2) is 58.2 Å². The summed E-state index contributed by atoms with van der Waals surface area (Å²) in [7, 11) is -1.58. The molecule has 9 heteroatoms. The fourth-order valence-electron chi connectivity index (χ4n) is 3.93. The number of carbonyl (C=O) groups excluding carboxylic acids is 1. The van der Waals surface area contributed by atoms with Crippen molar-refractivity contribution in [3.05, 3.63) is 54.1 Å². The number of anilines is 1. The Labute approximate surface area is 181 Å². The van der Waals surface area contributed by atoms with E-state index < -0.39 is 21.7 Å². The summed E-state index contributed by atoms with van der Waals surface area (Å²) in [5.41, 5.74) is 0.801. The van der Waals surface area contributed by atoms with Crippen LogP contribution in [0, 0.1) is 11.6 Å². The van der Waals surface area contributed by atoms with E-state index in [4.69, 9.17) is 0 Å². The summed E-state index contributed by atoms with van der Waals surface area (Å²) in [5, 5.41) is 0. The summed E-state index contributed by atoms with van der Waals surface area (Å²) in [5.74, 6) is -1.44. The summed E-state index contributed by atoms with van der Waals surface area (Å²) in [4.78, 5) is 16.3. The minimum atomic E-state index is -3.29. The van der Waals surface area contributed by atoms with Crippen molar-refractivity contribution in [1.29, 1.82) is 0 Å². The highest BCUT2D eigenvalue weighted by Gasteiger charge is 2.24. The molecular weight excluding hydrogens is 424 g/mol. The van der Waals surface area contributed by atoms with Crippen LogP contribution in [0.4, 0.5) is 14.5 Å². The van der Waals surface area contributed by atoms with Crippen molar-refractivity contribution < 1.29 is 22.0 Å². The van der Waals surface area contributed by atoms with E-state index in [1.165, 1.54) is 18.2 Å². The van der Waals surface area contributed by atoms with Crippen LogP contribution in [0.15, 0.2) is 42.5 Å². The number of likely N-dealkylation sites (N-methyl/N-ethyl adjacent to an activating group) is 1. The number of likely N-dealkylation sites (tertiary alicyclic amines) is 1. The van der Waals surface area contributed by atoms with Crippen LogP contribution < -0.4 is 9.62 Å². The van der Waals surface area contributed by atoms with Crippen LogP contribution >= 0.6 is 0 Å². The molecule has 0 radical (unpaired) electrons. The molecule has 0 spiro atoms. The van der Waals surface area contributed by atoms with Gasteiger partial charge in [-0.2, -0.15) is 0 Å². The number of hydrogen-bond acceptors (Lipinski definition) is 4. The van der Waals surface area contributed by atoms with Crippen molar-refractivity contribution in [1.82, 2.24) is 9.62 Å². The molecule has 1 amide bonds. The minimum absolute atomic E-state index is 0.0389. The Morgan fingerprint density at radius 1 is 1.10 bits per heavy atom. The number of nitrogens with zero attached hydrogens (tertiary/aromatic N) is 2. The van der Waals surface area contributed by atoms with E-state index in [9.17, 15) is 22.0 Å². The van der Waals surface area contributed by atoms with E-state index >= 15 is 0 Å². The van der Waals surface area contributed by atoms with Gasteiger partial charge in [-0.15, -0.1) is 0 Å². The van der Waals surface area contributed by atoms with Crippen molar-refractivity contribution >= 4 is 21.6 Å². The highest BCUT2D eigenvalue weighted by atomic mass is 32.2. The number of para-hydroxylation sites is 1. The zero-order chi connectivity index (χ0) is 22.6. The van der Waals surface area contributed by atoms with E-state index in [0.29, 0.717) is 43.6 Å². The lowest BCUT2D eigenvalue weighted by Gasteiger charge is -2.27. The van der Waals surface area contributed by atoms with Gasteiger partial charge in [0.15, 0.2) is 0 Å². The van der Waals surface area contributed by atoms with Gasteiger partial charge in [0.2, 0.25) is 15.9 Å². The van der Waals surface area contributed by atoms with Gasteiger partial charge >= 0.3 is 0 Å². The number of carbonyl (C=O) groups is 1. The minimum Gasteiger partial charge on any atom is -0.365 e. The summed E-state index contributed by atoms with van der Waals surface area (Å²) < 4.78 is 54.3. The van der Waals surface area contributed by atoms with Crippen molar-refractivity contribution in [2.45, 2.75) is 25.3 Å². The topological polar surface area (TPSA) is 69.7 Å². The van der Waals surface area contributed by atoms with Gasteiger partial charge in [0.1, 0.15) is 11.6 Å². The normalized spacial score (nSPS) is 17.3. The molecule has 168 valence electrons. The Bertz CT molecular complexity index is 1030. The van der Waals surface area contributed by atoms with Crippen LogP contribution in [0.3, 0.4) is 0 Å². The van der Waals surface area contributed by atoms with E-state index in [-0.39, 0.29) is 24.1 Å². The van der Waals surface area contributed by atoms with Gasteiger partial charge < -0.3 is 9.80 Å². The van der Waals surface area contributed by atoms with Crippen molar-refractivity contribution in [3.8, 4) is 11.1 Å². The molecule has 0 bridgehead atoms. The lowest BCUT2D eigenvalue weighted by molar-refractivity contribution is -0.129. The summed E-state index contributed by atoms with van der Waals surface area (Å²) >= 11 is 0. The SMILES string of the molecule is CN(CC(=O)N1CCCC(NS(C)(=O)=O)CC1)c1ccccc1-c1c(F)cccc1F. The maximum absolute atomic E-state index is 14.3. The van der Waals surface area contributed by atoms with E-state index in [1.54, 1.807) is 41.1 Å². The maximum Gasteiger partial charge on any atom is 0.242 e. The quantitative estimate of drug-likeness (QED) is 0.733. The molecule has 0 aliphatic carbocycles. The van der Waals surface area contributed by atoms with Gasteiger partial charge in [0.05, 0.1) is 18.4 Å². The average Bonchev–Trinajstić information content (AvgIpc) is 2.92. The predicted molar refractivity (Wildman–Crippen MR) is 117 cm³/mol. The number of benzene rings is 2. The largest absolute Gasteiger partial charge is 0.365 e. The lowest BCUT2D eigenvalue weighted by atomic mass is 10.0. The third kappa shape index (κ3) is 6.01. The van der Waals surface area contributed by atoms with Gasteiger partial charge in [-0.25, -0.2) is 21.9 Å². The van der Waals surface area contributed by atoms with E-state index in [0.717, 1.165) is 6.26 Å². The third-order valence-electron chi connectivity index (χ3n) is 5.38. The molecule has 1 atom stereocenters. The molecule has 1 unspecified atom stereocenters. The Morgan fingerprint density at radius 3 is 2.45 bits per heavy atom. The van der Waals surface area contributed by atoms with Crippen molar-refractivity contribution in [2.24, 2.45) is 0 Å². The summed E-state index contributed by atoms with van der Waals surface area (Å²) in [6.07, 6.45) is 3.03. The fourth-order valence-corrected chi connectivity index (χ4v) is 4.77. The molecule has 6 nitrogen and oxygen atoms in total. The third-order valence-corrected chi connectivity index (χ3v) is 6.14. The Morgan fingerprint density at radius 2 is 1.77 bits per heavy atom. The molecule has 0 saturated carbocycles. The standard InChI is InChI=1S/C22H27F2N3O3S/c1-26(15-21(28)27-13-6-7-16(12-14-27)25-31(2,29)30)20-11-4-3-8-17(20)22-18(23)9-5-10-19(22)24/h3-5,8-11,16,25H,6-7,12-15H2,1-2H3. The number of sulfonamides is 1. The number of hydrogen-bond donors (Lipinski definition) is 1. The van der Waals surface area contributed by atoms with Gasteiger partial charge in [-0.3, -0.25) is 4.79 Å². The molecule has 1 heterocycles. The summed E-state index contributed by atoms with van der Waals surface area (Å²) in [6.45, 7) is 1.03. The monoisotopic (exact) mass is 451 g/mol. The summed E-state index contributed by atoms with van der Waals surface area (Å²) in [6, 6.07) is 10.4. The zero-order valence-electron chi connectivity index (χ0n) is 17.6. The second-order valence-electron chi connectivity index (χ2n) is 7.87. The maximum atomic E-state index is 14.3. The fraction of sp³-hybridized carbons (Fsp3) is 0.409. The van der Waals surface area contributed by atoms with E-state index in [1.807, 2.05) is 0 Å². The second kappa shape index (κ2) is 9.74. The first-order valence-electron chi connectivity index (χ1n) is 10.2. The first kappa shape index (κ1) is 23.1. The number of rotatable bonds is 6. The smallest absolute Gasteiger partial charge is 0.242 e. The average molecular weight is 452 g/mol. The van der Waals surface area contributed by atoms with Gasteiger partial charge in [-0.05, 0) is 37.5 Å². The number of amides is 1. The number of nitrogens with one attached hydrogen (secondary N) is 1. The Hall–Kier alpha value is -2.52. The Kier molecular flexibility index (Phi) is 7.27. The van der Waals surface area contributed by atoms with Gasteiger partial charge in [0.25, 0.3) is 0 Å². The molecule has 1 saturated heterocycles. The lowest BCUT2D eigenvalue weighted by Crippen LogP contribution is -2.40.